The molecule has 0 saturated carbocycles. The molecule has 1 amide bonds. The number of carbonyl (C=O) groups is 1. The van der Waals surface area contributed by atoms with Crippen LogP contribution in [0.3, 0.4) is 0 Å². The maximum Gasteiger partial charge on any atom is 0.251 e. The largest absolute Gasteiger partial charge is 0.379 e. The normalized spacial score (nSPS) is 17.0. The minimum absolute atomic E-state index is 0.0629. The molecular formula is C19H30N2O4S. The molecule has 146 valence electrons. The molecule has 1 aliphatic heterocycles. The number of nitrogens with one attached hydrogen (secondary N) is 1. The summed E-state index contributed by atoms with van der Waals surface area (Å²) in [4.78, 5) is 12.8. The number of aryl methyl sites for hydroxylation is 1. The van der Waals surface area contributed by atoms with Crippen molar-refractivity contribution in [3.63, 3.8) is 0 Å². The van der Waals surface area contributed by atoms with E-state index in [2.05, 4.69) is 12.2 Å². The summed E-state index contributed by atoms with van der Waals surface area (Å²) in [5.74, 6) is -0.217. The number of nitrogens with zero attached hydrogens (tertiary/aromatic N) is 1. The summed E-state index contributed by atoms with van der Waals surface area (Å²) in [5, 5.41) is 2.99. The highest BCUT2D eigenvalue weighted by atomic mass is 32.2. The van der Waals surface area contributed by atoms with Gasteiger partial charge in [-0.3, -0.25) is 4.79 Å². The maximum absolute atomic E-state index is 12.8. The van der Waals surface area contributed by atoms with Gasteiger partial charge in [0.25, 0.3) is 5.91 Å². The molecule has 7 heteroatoms. The Kier molecular flexibility index (Phi) is 7.61. The Labute approximate surface area is 157 Å². The zero-order chi connectivity index (χ0) is 19.2. The first-order chi connectivity index (χ1) is 12.4. The monoisotopic (exact) mass is 382 g/mol. The Hall–Kier alpha value is -1.44. The SMILES string of the molecule is CCCCCC(C)NC(=O)c1cc(S(=O)(=O)N2CCOCC2)ccc1C. The number of sulfonamides is 1. The van der Waals surface area contributed by atoms with Gasteiger partial charge < -0.3 is 10.1 Å². The molecule has 0 spiro atoms. The van der Waals surface area contributed by atoms with Crippen molar-refractivity contribution in [3.8, 4) is 0 Å². The summed E-state index contributed by atoms with van der Waals surface area (Å²) in [6.45, 7) is 7.42. The second-order valence-electron chi connectivity index (χ2n) is 6.86. The first-order valence-electron chi connectivity index (χ1n) is 9.35. The molecule has 0 aromatic heterocycles. The van der Waals surface area contributed by atoms with Crippen LogP contribution in [0.4, 0.5) is 0 Å². The predicted molar refractivity (Wildman–Crippen MR) is 102 cm³/mol. The van der Waals surface area contributed by atoms with Gasteiger partial charge in [0.2, 0.25) is 10.0 Å². The second-order valence-corrected chi connectivity index (χ2v) is 8.80. The van der Waals surface area contributed by atoms with E-state index in [-0.39, 0.29) is 16.8 Å². The highest BCUT2D eigenvalue weighted by Crippen LogP contribution is 2.21. The van der Waals surface area contributed by atoms with E-state index in [9.17, 15) is 13.2 Å². The minimum Gasteiger partial charge on any atom is -0.379 e. The van der Waals surface area contributed by atoms with Crippen LogP contribution < -0.4 is 5.32 Å². The van der Waals surface area contributed by atoms with Crippen LogP contribution in [0.5, 0.6) is 0 Å². The van der Waals surface area contributed by atoms with Crippen molar-refractivity contribution in [1.82, 2.24) is 9.62 Å². The van der Waals surface area contributed by atoms with Crippen molar-refractivity contribution < 1.29 is 17.9 Å². The number of carbonyl (C=O) groups excluding carboxylic acids is 1. The van der Waals surface area contributed by atoms with E-state index in [1.807, 2.05) is 13.8 Å². The first kappa shape index (κ1) is 20.9. The molecule has 0 bridgehead atoms. The summed E-state index contributed by atoms with van der Waals surface area (Å²) in [6, 6.07) is 4.83. The number of benzene rings is 1. The smallest absolute Gasteiger partial charge is 0.251 e. The summed E-state index contributed by atoms with van der Waals surface area (Å²) in [5.41, 5.74) is 1.19. The van der Waals surface area contributed by atoms with Crippen LogP contribution in [0, 0.1) is 6.92 Å². The average Bonchev–Trinajstić information content (AvgIpc) is 2.62. The lowest BCUT2D eigenvalue weighted by Crippen LogP contribution is -2.40. The summed E-state index contributed by atoms with van der Waals surface area (Å²) >= 11 is 0. The first-order valence-corrected chi connectivity index (χ1v) is 10.8. The van der Waals surface area contributed by atoms with Crippen molar-refractivity contribution >= 4 is 15.9 Å². The van der Waals surface area contributed by atoms with Crippen LogP contribution in [-0.4, -0.2) is 51.0 Å². The lowest BCUT2D eigenvalue weighted by Gasteiger charge is -2.26. The third-order valence-corrected chi connectivity index (χ3v) is 6.57. The fourth-order valence-electron chi connectivity index (χ4n) is 3.02. The van der Waals surface area contributed by atoms with Crippen molar-refractivity contribution in [2.24, 2.45) is 0 Å². The van der Waals surface area contributed by atoms with Crippen LogP contribution in [0.2, 0.25) is 0 Å². The van der Waals surface area contributed by atoms with Crippen LogP contribution in [0.25, 0.3) is 0 Å². The van der Waals surface area contributed by atoms with Crippen molar-refractivity contribution in [2.75, 3.05) is 26.3 Å². The number of unbranched alkanes of at least 4 members (excludes halogenated alkanes) is 2. The summed E-state index contributed by atoms with van der Waals surface area (Å²) in [7, 11) is -3.61. The number of morpholine rings is 1. The van der Waals surface area contributed by atoms with Gasteiger partial charge in [-0.25, -0.2) is 8.42 Å². The average molecular weight is 383 g/mol. The van der Waals surface area contributed by atoms with Gasteiger partial charge in [0.05, 0.1) is 18.1 Å². The summed E-state index contributed by atoms with van der Waals surface area (Å²) in [6.07, 6.45) is 4.28. The number of hydrogen-bond acceptors (Lipinski definition) is 4. The molecule has 1 N–H and O–H groups in total. The topological polar surface area (TPSA) is 75.7 Å². The maximum atomic E-state index is 12.8. The predicted octanol–water partition coefficient (Wildman–Crippen LogP) is 2.71. The highest BCUT2D eigenvalue weighted by Gasteiger charge is 2.27. The Morgan fingerprint density at radius 1 is 1.27 bits per heavy atom. The lowest BCUT2D eigenvalue weighted by molar-refractivity contribution is 0.0730. The Morgan fingerprint density at radius 2 is 1.96 bits per heavy atom. The van der Waals surface area contributed by atoms with Crippen LogP contribution >= 0.6 is 0 Å². The molecule has 6 nitrogen and oxygen atoms in total. The fraction of sp³-hybridized carbons (Fsp3) is 0.632. The quantitative estimate of drug-likeness (QED) is 0.702. The molecule has 1 heterocycles. The van der Waals surface area contributed by atoms with E-state index in [0.29, 0.717) is 31.9 Å². The number of rotatable bonds is 8. The molecule has 1 saturated heterocycles. The van der Waals surface area contributed by atoms with E-state index >= 15 is 0 Å². The van der Waals surface area contributed by atoms with Gasteiger partial charge in [-0.05, 0) is 38.0 Å². The molecule has 1 aromatic rings. The minimum atomic E-state index is -3.61. The molecule has 0 radical (unpaired) electrons. The molecule has 1 unspecified atom stereocenters. The number of hydrogen-bond donors (Lipinski definition) is 1. The lowest BCUT2D eigenvalue weighted by atomic mass is 10.1. The molecule has 0 aliphatic carbocycles. The van der Waals surface area contributed by atoms with Gasteiger partial charge in [-0.15, -0.1) is 0 Å². The summed E-state index contributed by atoms with van der Waals surface area (Å²) < 4.78 is 32.3. The van der Waals surface area contributed by atoms with Crippen LogP contribution in [0.1, 0.15) is 55.5 Å². The van der Waals surface area contributed by atoms with E-state index < -0.39 is 10.0 Å². The van der Waals surface area contributed by atoms with Gasteiger partial charge in [-0.1, -0.05) is 32.3 Å². The van der Waals surface area contributed by atoms with Crippen LogP contribution in [-0.2, 0) is 14.8 Å². The van der Waals surface area contributed by atoms with Gasteiger partial charge >= 0.3 is 0 Å². The molecular weight excluding hydrogens is 352 g/mol. The zero-order valence-electron chi connectivity index (χ0n) is 16.0. The third-order valence-electron chi connectivity index (χ3n) is 4.68. The highest BCUT2D eigenvalue weighted by molar-refractivity contribution is 7.89. The van der Waals surface area contributed by atoms with Crippen molar-refractivity contribution in [1.29, 1.82) is 0 Å². The van der Waals surface area contributed by atoms with Crippen molar-refractivity contribution in [2.45, 2.75) is 57.4 Å². The third kappa shape index (κ3) is 5.28. The number of ether oxygens (including phenoxy) is 1. The molecule has 1 aromatic carbocycles. The standard InChI is InChI=1S/C19H30N2O4S/c1-4-5-6-7-16(3)20-19(22)18-14-17(9-8-15(18)2)26(23,24)21-10-12-25-13-11-21/h8-9,14,16H,4-7,10-13H2,1-3H3,(H,20,22). The van der Waals surface area contributed by atoms with Gasteiger partial charge in [0, 0.05) is 24.7 Å². The van der Waals surface area contributed by atoms with E-state index in [1.54, 1.807) is 12.1 Å². The fourth-order valence-corrected chi connectivity index (χ4v) is 4.45. The number of amides is 1. The van der Waals surface area contributed by atoms with Gasteiger partial charge in [0.15, 0.2) is 0 Å². The van der Waals surface area contributed by atoms with Gasteiger partial charge in [-0.2, -0.15) is 4.31 Å². The second kappa shape index (κ2) is 9.48. The Morgan fingerprint density at radius 3 is 2.62 bits per heavy atom. The molecule has 26 heavy (non-hydrogen) atoms. The van der Waals surface area contributed by atoms with E-state index in [4.69, 9.17) is 4.74 Å². The van der Waals surface area contributed by atoms with E-state index in [0.717, 1.165) is 31.2 Å². The van der Waals surface area contributed by atoms with Gasteiger partial charge in [0.1, 0.15) is 0 Å². The van der Waals surface area contributed by atoms with Crippen LogP contribution in [0.15, 0.2) is 23.1 Å². The Bertz CT molecular complexity index is 712. The molecule has 2 rings (SSSR count). The Balaban J connectivity index is 2.14. The molecule has 1 aliphatic rings. The van der Waals surface area contributed by atoms with Crippen molar-refractivity contribution in [3.05, 3.63) is 29.3 Å². The zero-order valence-corrected chi connectivity index (χ0v) is 16.8. The molecule has 1 fully saturated rings. The van der Waals surface area contributed by atoms with E-state index in [1.165, 1.54) is 10.4 Å². The molecule has 1 atom stereocenters.